The van der Waals surface area contributed by atoms with E-state index in [0.29, 0.717) is 0 Å². The predicted molar refractivity (Wildman–Crippen MR) is 160 cm³/mol. The summed E-state index contributed by atoms with van der Waals surface area (Å²) < 4.78 is 18.0. The van der Waals surface area contributed by atoms with Crippen LogP contribution in [0.1, 0.15) is 93.9 Å². The van der Waals surface area contributed by atoms with Gasteiger partial charge in [0.1, 0.15) is 11.4 Å². The Morgan fingerprint density at radius 2 is 1.27 bits per heavy atom. The third-order valence-electron chi connectivity index (χ3n) is 6.99. The van der Waals surface area contributed by atoms with Crippen LogP contribution in [0.4, 0.5) is 0 Å². The van der Waals surface area contributed by atoms with Crippen molar-refractivity contribution in [1.82, 2.24) is 27.3 Å². The van der Waals surface area contributed by atoms with E-state index >= 15 is 0 Å². The molecule has 0 atom stereocenters. The summed E-state index contributed by atoms with van der Waals surface area (Å²) in [5.74, 6) is 0. The van der Waals surface area contributed by atoms with Crippen LogP contribution in [0.25, 0.3) is 11.1 Å². The molecular formula is C29H46N6S2. The maximum absolute atomic E-state index is 4.52. The minimum atomic E-state index is 1.01. The lowest BCUT2D eigenvalue weighted by Gasteiger charge is -2.22. The van der Waals surface area contributed by atoms with Crippen molar-refractivity contribution < 1.29 is 0 Å². The molecule has 0 fully saturated rings. The number of likely N-dealkylation sites (N-methyl/N-ethyl adjacent to an activating group) is 2. The van der Waals surface area contributed by atoms with E-state index in [-0.39, 0.29) is 0 Å². The molecule has 0 aliphatic carbocycles. The van der Waals surface area contributed by atoms with Crippen LogP contribution in [-0.2, 0) is 12.8 Å². The van der Waals surface area contributed by atoms with Gasteiger partial charge in [-0.25, -0.2) is 0 Å². The predicted octanol–water partition coefficient (Wildman–Crippen LogP) is 6.93. The number of unbranched alkanes of at least 4 members (excludes halogenated alkanes) is 6. The van der Waals surface area contributed by atoms with Crippen LogP contribution in [0.2, 0.25) is 0 Å². The van der Waals surface area contributed by atoms with Gasteiger partial charge in [-0.2, -0.15) is 17.5 Å². The van der Waals surface area contributed by atoms with E-state index in [1.165, 1.54) is 96.6 Å². The van der Waals surface area contributed by atoms with Gasteiger partial charge in [0.25, 0.3) is 0 Å². The fraction of sp³-hybridized carbons (Fsp3) is 0.655. The number of rotatable bonds is 13. The van der Waals surface area contributed by atoms with Gasteiger partial charge in [-0.3, -0.25) is 0 Å². The van der Waals surface area contributed by atoms with Gasteiger partial charge in [-0.15, -0.1) is 6.58 Å². The molecule has 0 aromatic carbocycles. The monoisotopic (exact) mass is 542 g/mol. The van der Waals surface area contributed by atoms with Gasteiger partial charge in [0, 0.05) is 26.2 Å². The van der Waals surface area contributed by atoms with E-state index in [9.17, 15) is 0 Å². The summed E-state index contributed by atoms with van der Waals surface area (Å²) in [6.45, 7) is 10.3. The molecule has 0 saturated carbocycles. The van der Waals surface area contributed by atoms with Crippen LogP contribution in [-0.4, -0.2) is 67.6 Å². The summed E-state index contributed by atoms with van der Waals surface area (Å²) in [7, 11) is 4.34. The molecule has 4 rings (SSSR count). The number of aromatic nitrogens is 4. The average molecular weight is 543 g/mol. The molecule has 0 radical (unpaired) electrons. The molecule has 4 heterocycles. The van der Waals surface area contributed by atoms with Crippen LogP contribution in [0, 0.1) is 0 Å². The van der Waals surface area contributed by atoms with Crippen molar-refractivity contribution >= 4 is 34.6 Å². The lowest BCUT2D eigenvalue weighted by Crippen LogP contribution is -2.25. The number of hydrogen-bond donors (Lipinski definition) is 0. The topological polar surface area (TPSA) is 58.0 Å². The molecule has 2 aliphatic heterocycles. The summed E-state index contributed by atoms with van der Waals surface area (Å²) in [6, 6.07) is 0. The highest BCUT2D eigenvalue weighted by Crippen LogP contribution is 2.24. The summed E-state index contributed by atoms with van der Waals surface area (Å²) in [6.07, 6.45) is 21.1. The Morgan fingerprint density at radius 3 is 1.76 bits per heavy atom. The molecule has 0 amide bonds. The van der Waals surface area contributed by atoms with E-state index in [1.807, 2.05) is 6.08 Å². The van der Waals surface area contributed by atoms with Crippen molar-refractivity contribution in [1.29, 1.82) is 0 Å². The van der Waals surface area contributed by atoms with Crippen molar-refractivity contribution in [2.75, 3.05) is 40.3 Å². The zero-order valence-corrected chi connectivity index (χ0v) is 24.9. The first-order valence-corrected chi connectivity index (χ1v) is 15.6. The van der Waals surface area contributed by atoms with Gasteiger partial charge in [-0.1, -0.05) is 50.8 Å². The van der Waals surface area contributed by atoms with Crippen LogP contribution in [0.5, 0.6) is 0 Å². The van der Waals surface area contributed by atoms with Gasteiger partial charge < -0.3 is 9.80 Å². The molecular weight excluding hydrogens is 496 g/mol. The fourth-order valence-corrected chi connectivity index (χ4v) is 6.08. The molecule has 0 unspecified atom stereocenters. The van der Waals surface area contributed by atoms with Gasteiger partial charge in [0.2, 0.25) is 0 Å². The number of hydrogen-bond acceptors (Lipinski definition) is 8. The van der Waals surface area contributed by atoms with Crippen molar-refractivity contribution in [3.05, 3.63) is 47.6 Å². The molecule has 37 heavy (non-hydrogen) atoms. The van der Waals surface area contributed by atoms with Crippen molar-refractivity contribution in [2.24, 2.45) is 0 Å². The van der Waals surface area contributed by atoms with Crippen LogP contribution >= 0.6 is 23.5 Å². The van der Waals surface area contributed by atoms with Crippen molar-refractivity contribution in [3.8, 4) is 0 Å². The molecule has 6 nitrogen and oxygen atoms in total. The van der Waals surface area contributed by atoms with Crippen molar-refractivity contribution in [2.45, 2.75) is 84.0 Å². The van der Waals surface area contributed by atoms with Crippen molar-refractivity contribution in [3.63, 3.8) is 0 Å². The van der Waals surface area contributed by atoms with E-state index in [4.69, 9.17) is 0 Å². The average Bonchev–Trinajstić information content (AvgIpc) is 3.57. The lowest BCUT2D eigenvalue weighted by atomic mass is 10.0. The quantitative estimate of drug-likeness (QED) is 0.202. The van der Waals surface area contributed by atoms with Crippen LogP contribution < -0.4 is 0 Å². The SMILES string of the molecule is C=CCCCCc1nsnc1C1=CCCN(C)C1.CCCCCCCc1nsnc1C1=CCCN(C)C1. The smallest absolute Gasteiger partial charge is 0.104 e. The van der Waals surface area contributed by atoms with E-state index < -0.39 is 0 Å². The van der Waals surface area contributed by atoms with Gasteiger partial charge in [0.15, 0.2) is 0 Å². The third-order valence-corrected chi connectivity index (χ3v) is 8.13. The lowest BCUT2D eigenvalue weighted by molar-refractivity contribution is 0.372. The third kappa shape index (κ3) is 10.2. The Balaban J connectivity index is 0.000000206. The number of nitrogens with zero attached hydrogens (tertiary/aromatic N) is 6. The Labute approximate surface area is 233 Å². The number of aryl methyl sites for hydroxylation is 2. The molecule has 2 aromatic heterocycles. The summed E-state index contributed by atoms with van der Waals surface area (Å²) >= 11 is 2.72. The van der Waals surface area contributed by atoms with Gasteiger partial charge in [0.05, 0.1) is 34.8 Å². The number of allylic oxidation sites excluding steroid dienone is 1. The minimum Gasteiger partial charge on any atom is -0.302 e. The maximum Gasteiger partial charge on any atom is 0.104 e. The summed E-state index contributed by atoms with van der Waals surface area (Å²) in [4.78, 5) is 4.70. The second kappa shape index (κ2) is 17.0. The molecule has 2 aliphatic rings. The first-order chi connectivity index (χ1) is 18.1. The second-order valence-electron chi connectivity index (χ2n) is 10.3. The van der Waals surface area contributed by atoms with E-state index in [0.717, 1.165) is 64.0 Å². The molecule has 0 spiro atoms. The highest BCUT2D eigenvalue weighted by molar-refractivity contribution is 6.99. The Kier molecular flexibility index (Phi) is 13.7. The highest BCUT2D eigenvalue weighted by atomic mass is 32.1. The molecule has 204 valence electrons. The Morgan fingerprint density at radius 1 is 0.757 bits per heavy atom. The highest BCUT2D eigenvalue weighted by Gasteiger charge is 2.18. The van der Waals surface area contributed by atoms with Crippen LogP contribution in [0.3, 0.4) is 0 Å². The molecule has 0 bridgehead atoms. The molecule has 2 aromatic rings. The van der Waals surface area contributed by atoms with E-state index in [2.05, 4.69) is 67.0 Å². The summed E-state index contributed by atoms with van der Waals surface area (Å²) in [5.41, 5.74) is 7.47. The maximum atomic E-state index is 4.52. The first-order valence-electron chi connectivity index (χ1n) is 14.1. The summed E-state index contributed by atoms with van der Waals surface area (Å²) in [5, 5.41) is 0. The fourth-order valence-electron chi connectivity index (χ4n) is 4.84. The zero-order valence-electron chi connectivity index (χ0n) is 23.3. The second-order valence-corrected chi connectivity index (χ2v) is 11.4. The largest absolute Gasteiger partial charge is 0.302 e. The molecule has 8 heteroatoms. The van der Waals surface area contributed by atoms with Gasteiger partial charge in [-0.05, 0) is 76.6 Å². The molecule has 0 saturated heterocycles. The zero-order chi connectivity index (χ0) is 26.3. The van der Waals surface area contributed by atoms with E-state index in [1.54, 1.807) is 0 Å². The Bertz CT molecular complexity index is 992. The van der Waals surface area contributed by atoms with Crippen LogP contribution in [0.15, 0.2) is 24.8 Å². The van der Waals surface area contributed by atoms with Gasteiger partial charge >= 0.3 is 0 Å². The standard InChI is InChI=1S/C15H25N3S.C14H21N3S/c1-3-4-5-6-7-10-14-15(17-19-16-14)13-9-8-11-18(2)12-13;1-3-4-5-6-9-13-14(16-18-15-13)12-8-7-10-17(2)11-12/h9H,3-8,10-12H2,1-2H3;3,8H,1,4-7,9-11H2,2H3. The molecule has 0 N–H and O–H groups in total. The normalized spacial score (nSPS) is 16.6. The minimum absolute atomic E-state index is 1.01. The Hall–Kier alpha value is -1.74. The first kappa shape index (κ1) is 29.8.